The lowest BCUT2D eigenvalue weighted by Gasteiger charge is -2.28. The van der Waals surface area contributed by atoms with Crippen LogP contribution in [0.25, 0.3) is 0 Å². The number of nitrogens with one attached hydrogen (secondary N) is 3. The number of piperidine rings is 1. The fraction of sp³-hybridized carbons (Fsp3) is 0.611. The maximum absolute atomic E-state index is 13.5. The van der Waals surface area contributed by atoms with Crippen LogP contribution in [0.3, 0.4) is 0 Å². The maximum atomic E-state index is 13.5. The van der Waals surface area contributed by atoms with E-state index >= 15 is 0 Å². The number of fused-ring (bicyclic) bond motifs is 2. The zero-order valence-electron chi connectivity index (χ0n) is 14.7. The molecule has 25 heavy (non-hydrogen) atoms. The van der Waals surface area contributed by atoms with E-state index in [2.05, 4.69) is 16.0 Å². The molecule has 1 aromatic rings. The van der Waals surface area contributed by atoms with Crippen LogP contribution in [-0.2, 0) is 4.79 Å². The van der Waals surface area contributed by atoms with E-state index in [9.17, 15) is 9.18 Å². The topological polar surface area (TPSA) is 53.2 Å². The van der Waals surface area contributed by atoms with Crippen molar-refractivity contribution in [1.82, 2.24) is 5.32 Å². The van der Waals surface area contributed by atoms with Gasteiger partial charge in [0.1, 0.15) is 5.82 Å². The Hall–Kier alpha value is -1.04. The number of halogens is 3. The van der Waals surface area contributed by atoms with Gasteiger partial charge in [0.2, 0.25) is 5.91 Å². The summed E-state index contributed by atoms with van der Waals surface area (Å²) in [6.45, 7) is 4.03. The lowest BCUT2D eigenvalue weighted by molar-refractivity contribution is -0.117. The molecule has 2 aliphatic heterocycles. The maximum Gasteiger partial charge on any atom is 0.224 e. The van der Waals surface area contributed by atoms with Gasteiger partial charge in [0.25, 0.3) is 0 Å². The molecule has 0 aromatic heterocycles. The van der Waals surface area contributed by atoms with Crippen LogP contribution in [0.15, 0.2) is 18.2 Å². The number of hydrogen-bond donors (Lipinski definition) is 3. The van der Waals surface area contributed by atoms with E-state index < -0.39 is 0 Å². The number of carbonyl (C=O) groups excluding carboxylic acids is 1. The standard InChI is InChI=1S/C18H26FN3O.2ClH/c1-11(2)20-16-6-3-13(19)10-17(16)22-18(23)9-12-7-14-4-5-15(8-12)21-14;;/h3,6,10-12,14-15,20-21H,4-5,7-9H2,1-2H3,(H,22,23);2*1H. The fourth-order valence-corrected chi connectivity index (χ4v) is 3.86. The average molecular weight is 392 g/mol. The van der Waals surface area contributed by atoms with Gasteiger partial charge in [-0.3, -0.25) is 4.79 Å². The molecule has 2 fully saturated rings. The summed E-state index contributed by atoms with van der Waals surface area (Å²) >= 11 is 0. The molecule has 1 aromatic carbocycles. The van der Waals surface area contributed by atoms with Crippen molar-refractivity contribution in [2.45, 2.75) is 64.1 Å². The van der Waals surface area contributed by atoms with Crippen LogP contribution in [0.1, 0.15) is 46.0 Å². The van der Waals surface area contributed by atoms with Gasteiger partial charge >= 0.3 is 0 Å². The summed E-state index contributed by atoms with van der Waals surface area (Å²) in [7, 11) is 0. The lowest BCUT2D eigenvalue weighted by Crippen LogP contribution is -2.39. The smallest absolute Gasteiger partial charge is 0.224 e. The molecule has 0 aliphatic carbocycles. The van der Waals surface area contributed by atoms with Crippen molar-refractivity contribution in [3.05, 3.63) is 24.0 Å². The van der Waals surface area contributed by atoms with Gasteiger partial charge in [-0.25, -0.2) is 4.39 Å². The number of carbonyl (C=O) groups is 1. The molecule has 2 aliphatic rings. The molecule has 2 atom stereocenters. The highest BCUT2D eigenvalue weighted by molar-refractivity contribution is 5.94. The van der Waals surface area contributed by atoms with Gasteiger partial charge < -0.3 is 16.0 Å². The minimum Gasteiger partial charge on any atom is -0.381 e. The average Bonchev–Trinajstić information content (AvgIpc) is 2.80. The zero-order chi connectivity index (χ0) is 16.4. The van der Waals surface area contributed by atoms with Gasteiger partial charge in [-0.05, 0) is 63.6 Å². The molecule has 2 saturated heterocycles. The summed E-state index contributed by atoms with van der Waals surface area (Å²) in [5, 5.41) is 9.72. The minimum absolute atomic E-state index is 0. The van der Waals surface area contributed by atoms with Crippen LogP contribution in [0.2, 0.25) is 0 Å². The number of hydrogen-bond acceptors (Lipinski definition) is 3. The van der Waals surface area contributed by atoms with Gasteiger partial charge in [0, 0.05) is 24.5 Å². The van der Waals surface area contributed by atoms with E-state index in [0.717, 1.165) is 18.5 Å². The first-order chi connectivity index (χ1) is 11.0. The summed E-state index contributed by atoms with van der Waals surface area (Å²) in [5.74, 6) is 0.0760. The molecule has 2 heterocycles. The normalized spacial score (nSPS) is 24.2. The van der Waals surface area contributed by atoms with Crippen LogP contribution >= 0.6 is 24.8 Å². The summed E-state index contributed by atoms with van der Waals surface area (Å²) < 4.78 is 13.5. The van der Waals surface area contributed by atoms with Crippen molar-refractivity contribution >= 4 is 42.1 Å². The van der Waals surface area contributed by atoms with E-state index in [-0.39, 0.29) is 42.6 Å². The first-order valence-corrected chi connectivity index (χ1v) is 8.61. The molecule has 142 valence electrons. The third-order valence-corrected chi connectivity index (χ3v) is 4.74. The van der Waals surface area contributed by atoms with Crippen LogP contribution < -0.4 is 16.0 Å². The molecular formula is C18H28Cl2FN3O. The molecule has 4 nitrogen and oxygen atoms in total. The van der Waals surface area contributed by atoms with Gasteiger partial charge in [-0.2, -0.15) is 0 Å². The van der Waals surface area contributed by atoms with Crippen molar-refractivity contribution in [3.8, 4) is 0 Å². The van der Waals surface area contributed by atoms with Crippen molar-refractivity contribution in [2.24, 2.45) is 5.92 Å². The van der Waals surface area contributed by atoms with Crippen molar-refractivity contribution in [2.75, 3.05) is 10.6 Å². The minimum atomic E-state index is -0.338. The summed E-state index contributed by atoms with van der Waals surface area (Å²) in [6, 6.07) is 5.85. The Morgan fingerprint density at radius 1 is 1.20 bits per heavy atom. The van der Waals surface area contributed by atoms with Crippen LogP contribution in [-0.4, -0.2) is 24.0 Å². The predicted molar refractivity (Wildman–Crippen MR) is 106 cm³/mol. The second-order valence-electron chi connectivity index (χ2n) is 7.22. The molecular weight excluding hydrogens is 364 g/mol. The largest absolute Gasteiger partial charge is 0.381 e. The molecule has 1 amide bonds. The Bertz CT molecular complexity index is 573. The Morgan fingerprint density at radius 3 is 2.44 bits per heavy atom. The number of rotatable bonds is 5. The second kappa shape index (κ2) is 9.60. The van der Waals surface area contributed by atoms with Gasteiger partial charge in [-0.15, -0.1) is 24.8 Å². The third kappa shape index (κ3) is 6.01. The molecule has 3 N–H and O–H groups in total. The Morgan fingerprint density at radius 2 is 1.84 bits per heavy atom. The fourth-order valence-electron chi connectivity index (χ4n) is 3.86. The van der Waals surface area contributed by atoms with E-state index in [1.165, 1.54) is 25.0 Å². The highest BCUT2D eigenvalue weighted by Crippen LogP contribution is 2.33. The molecule has 2 bridgehead atoms. The second-order valence-corrected chi connectivity index (χ2v) is 7.22. The molecule has 0 saturated carbocycles. The molecule has 7 heteroatoms. The predicted octanol–water partition coefficient (Wildman–Crippen LogP) is 4.35. The van der Waals surface area contributed by atoms with Crippen molar-refractivity contribution in [1.29, 1.82) is 0 Å². The molecule has 3 rings (SSSR count). The molecule has 2 unspecified atom stereocenters. The van der Waals surface area contributed by atoms with Crippen LogP contribution in [0.4, 0.5) is 15.8 Å². The van der Waals surface area contributed by atoms with E-state index in [0.29, 0.717) is 30.1 Å². The van der Waals surface area contributed by atoms with E-state index in [1.807, 2.05) is 13.8 Å². The van der Waals surface area contributed by atoms with Crippen LogP contribution in [0, 0.1) is 11.7 Å². The third-order valence-electron chi connectivity index (χ3n) is 4.74. The summed E-state index contributed by atoms with van der Waals surface area (Å²) in [6.07, 6.45) is 5.13. The highest BCUT2D eigenvalue weighted by Gasteiger charge is 2.34. The molecule has 0 spiro atoms. The van der Waals surface area contributed by atoms with Gasteiger partial charge in [0.15, 0.2) is 0 Å². The van der Waals surface area contributed by atoms with E-state index in [1.54, 1.807) is 6.07 Å². The zero-order valence-corrected chi connectivity index (χ0v) is 16.3. The quantitative estimate of drug-likeness (QED) is 0.699. The number of benzene rings is 1. The summed E-state index contributed by atoms with van der Waals surface area (Å²) in [4.78, 5) is 12.4. The monoisotopic (exact) mass is 391 g/mol. The SMILES string of the molecule is CC(C)Nc1ccc(F)cc1NC(=O)CC1CC2CCC(C1)N2.Cl.Cl. The van der Waals surface area contributed by atoms with Gasteiger partial charge in [-0.1, -0.05) is 0 Å². The lowest BCUT2D eigenvalue weighted by atomic mass is 9.89. The number of anilines is 2. The van der Waals surface area contributed by atoms with Crippen molar-refractivity contribution in [3.63, 3.8) is 0 Å². The first-order valence-electron chi connectivity index (χ1n) is 8.61. The number of amides is 1. The van der Waals surface area contributed by atoms with E-state index in [4.69, 9.17) is 0 Å². The Kier molecular flexibility index (Phi) is 8.45. The highest BCUT2D eigenvalue weighted by atomic mass is 35.5. The Labute approximate surface area is 161 Å². The van der Waals surface area contributed by atoms with Crippen molar-refractivity contribution < 1.29 is 9.18 Å². The Balaban J connectivity index is 0.00000156. The molecule has 0 radical (unpaired) electrons. The van der Waals surface area contributed by atoms with Gasteiger partial charge in [0.05, 0.1) is 11.4 Å². The first kappa shape index (κ1) is 22.0. The van der Waals surface area contributed by atoms with Crippen LogP contribution in [0.5, 0.6) is 0 Å². The summed E-state index contributed by atoms with van der Waals surface area (Å²) in [5.41, 5.74) is 1.29.